The predicted molar refractivity (Wildman–Crippen MR) is 99.6 cm³/mol. The molecule has 138 valence electrons. The van der Waals surface area contributed by atoms with Crippen molar-refractivity contribution in [2.75, 3.05) is 24.5 Å². The van der Waals surface area contributed by atoms with Crippen LogP contribution in [0.3, 0.4) is 0 Å². The number of carbonyl (C=O) groups is 1. The average Bonchev–Trinajstić information content (AvgIpc) is 2.62. The molecule has 1 N–H and O–H groups in total. The Morgan fingerprint density at radius 3 is 2.73 bits per heavy atom. The van der Waals surface area contributed by atoms with E-state index in [0.717, 1.165) is 30.8 Å². The van der Waals surface area contributed by atoms with E-state index in [0.29, 0.717) is 31.0 Å². The number of nitrogens with zero attached hydrogens (tertiary/aromatic N) is 3. The van der Waals surface area contributed by atoms with E-state index >= 15 is 0 Å². The highest BCUT2D eigenvalue weighted by Crippen LogP contribution is 2.21. The quantitative estimate of drug-likeness (QED) is 0.895. The third-order valence-electron chi connectivity index (χ3n) is 4.70. The third kappa shape index (κ3) is 4.56. The lowest BCUT2D eigenvalue weighted by Crippen LogP contribution is -2.44. The van der Waals surface area contributed by atoms with Gasteiger partial charge in [0.15, 0.2) is 0 Å². The number of hydrogen-bond acceptors (Lipinski definition) is 4. The summed E-state index contributed by atoms with van der Waals surface area (Å²) >= 11 is 0. The molecule has 0 radical (unpaired) electrons. The van der Waals surface area contributed by atoms with Gasteiger partial charge in [0.1, 0.15) is 5.82 Å². The number of nitrogens with one attached hydrogen (secondary N) is 1. The van der Waals surface area contributed by atoms with E-state index < -0.39 is 0 Å². The van der Waals surface area contributed by atoms with Gasteiger partial charge < -0.3 is 10.2 Å². The minimum atomic E-state index is -0.224. The summed E-state index contributed by atoms with van der Waals surface area (Å²) in [6.07, 6.45) is 2.28. The van der Waals surface area contributed by atoms with Crippen molar-refractivity contribution in [2.45, 2.75) is 33.1 Å². The van der Waals surface area contributed by atoms with E-state index in [2.05, 4.69) is 20.2 Å². The van der Waals surface area contributed by atoms with Gasteiger partial charge in [-0.05, 0) is 50.8 Å². The van der Waals surface area contributed by atoms with Gasteiger partial charge in [-0.1, -0.05) is 18.2 Å². The fraction of sp³-hybridized carbons (Fsp3) is 0.450. The number of benzene rings is 1. The van der Waals surface area contributed by atoms with Gasteiger partial charge in [0.05, 0.1) is 5.92 Å². The maximum Gasteiger partial charge on any atom is 0.225 e. The molecule has 1 aromatic heterocycles. The van der Waals surface area contributed by atoms with Gasteiger partial charge in [-0.2, -0.15) is 0 Å². The van der Waals surface area contributed by atoms with Crippen LogP contribution in [0.1, 0.15) is 29.8 Å². The summed E-state index contributed by atoms with van der Waals surface area (Å²) in [5.41, 5.74) is 2.50. The van der Waals surface area contributed by atoms with Crippen molar-refractivity contribution >= 4 is 11.9 Å². The van der Waals surface area contributed by atoms with Crippen molar-refractivity contribution in [1.82, 2.24) is 15.3 Å². The first-order valence-corrected chi connectivity index (χ1v) is 9.11. The normalized spacial score (nSPS) is 17.2. The monoisotopic (exact) mass is 356 g/mol. The van der Waals surface area contributed by atoms with Gasteiger partial charge in [0, 0.05) is 31.0 Å². The Morgan fingerprint density at radius 1 is 1.27 bits per heavy atom. The van der Waals surface area contributed by atoms with E-state index in [1.807, 2.05) is 26.0 Å². The molecule has 0 unspecified atom stereocenters. The summed E-state index contributed by atoms with van der Waals surface area (Å²) in [6.45, 7) is 5.83. The van der Waals surface area contributed by atoms with Crippen LogP contribution in [-0.4, -0.2) is 35.5 Å². The smallest absolute Gasteiger partial charge is 0.225 e. The molecule has 2 heterocycles. The molecule has 0 saturated carbocycles. The number of hydrogen-bond donors (Lipinski definition) is 1. The molecule has 1 aliphatic heterocycles. The minimum absolute atomic E-state index is 0.0235. The summed E-state index contributed by atoms with van der Waals surface area (Å²) < 4.78 is 13.6. The third-order valence-corrected chi connectivity index (χ3v) is 4.70. The molecule has 26 heavy (non-hydrogen) atoms. The Hall–Kier alpha value is -2.50. The average molecular weight is 356 g/mol. The Labute approximate surface area is 153 Å². The Balaban J connectivity index is 1.55. The molecule has 1 saturated heterocycles. The molecule has 2 aromatic rings. The summed E-state index contributed by atoms with van der Waals surface area (Å²) in [4.78, 5) is 23.6. The first-order chi connectivity index (χ1) is 12.5. The van der Waals surface area contributed by atoms with E-state index in [4.69, 9.17) is 0 Å². The van der Waals surface area contributed by atoms with E-state index in [1.54, 1.807) is 12.1 Å². The standard InChI is InChI=1S/C20H25FN4O/c1-14-12-15(2)24-20(23-14)25-11-5-7-17(13-25)19(26)22-10-9-16-6-3-4-8-18(16)21/h3-4,6,8,12,17H,5,7,9-11,13H2,1-2H3,(H,22,26)/t17-/m0/s1. The molecular weight excluding hydrogens is 331 g/mol. The highest BCUT2D eigenvalue weighted by molar-refractivity contribution is 5.79. The van der Waals surface area contributed by atoms with Crippen LogP contribution in [0.15, 0.2) is 30.3 Å². The highest BCUT2D eigenvalue weighted by Gasteiger charge is 2.27. The summed E-state index contributed by atoms with van der Waals surface area (Å²) in [5.74, 6) is 0.410. The molecule has 1 atom stereocenters. The summed E-state index contributed by atoms with van der Waals surface area (Å²) in [6, 6.07) is 8.62. The summed E-state index contributed by atoms with van der Waals surface area (Å²) in [7, 11) is 0. The molecule has 1 fully saturated rings. The first-order valence-electron chi connectivity index (χ1n) is 9.11. The van der Waals surface area contributed by atoms with Crippen LogP contribution in [0, 0.1) is 25.6 Å². The molecule has 3 rings (SSSR count). The second-order valence-electron chi connectivity index (χ2n) is 6.87. The van der Waals surface area contributed by atoms with Crippen LogP contribution >= 0.6 is 0 Å². The molecule has 5 nitrogen and oxygen atoms in total. The Bertz CT molecular complexity index is 760. The van der Waals surface area contributed by atoms with Crippen molar-refractivity contribution in [3.8, 4) is 0 Å². The minimum Gasteiger partial charge on any atom is -0.355 e. The zero-order chi connectivity index (χ0) is 18.5. The number of rotatable bonds is 5. The highest BCUT2D eigenvalue weighted by atomic mass is 19.1. The largest absolute Gasteiger partial charge is 0.355 e. The molecule has 6 heteroatoms. The molecule has 1 aromatic carbocycles. The lowest BCUT2D eigenvalue weighted by molar-refractivity contribution is -0.125. The maximum atomic E-state index is 13.6. The van der Waals surface area contributed by atoms with Crippen LogP contribution in [0.5, 0.6) is 0 Å². The number of aromatic nitrogens is 2. The zero-order valence-corrected chi connectivity index (χ0v) is 15.3. The topological polar surface area (TPSA) is 58.1 Å². The van der Waals surface area contributed by atoms with Crippen molar-refractivity contribution in [1.29, 1.82) is 0 Å². The van der Waals surface area contributed by atoms with Crippen molar-refractivity contribution in [2.24, 2.45) is 5.92 Å². The van der Waals surface area contributed by atoms with Gasteiger partial charge >= 0.3 is 0 Å². The van der Waals surface area contributed by atoms with Gasteiger partial charge in [0.25, 0.3) is 0 Å². The number of halogens is 1. The molecule has 1 aliphatic rings. The Morgan fingerprint density at radius 2 is 2.00 bits per heavy atom. The molecule has 1 amide bonds. The number of amides is 1. The molecule has 0 bridgehead atoms. The van der Waals surface area contributed by atoms with E-state index in [1.165, 1.54) is 6.07 Å². The molecular formula is C20H25FN4O. The fourth-order valence-electron chi connectivity index (χ4n) is 3.39. The second kappa shape index (κ2) is 8.25. The van der Waals surface area contributed by atoms with Crippen LogP contribution < -0.4 is 10.2 Å². The lowest BCUT2D eigenvalue weighted by atomic mass is 9.97. The summed E-state index contributed by atoms with van der Waals surface area (Å²) in [5, 5.41) is 2.95. The van der Waals surface area contributed by atoms with Gasteiger partial charge in [0.2, 0.25) is 11.9 Å². The SMILES string of the molecule is Cc1cc(C)nc(N2CCC[C@H](C(=O)NCCc3ccccc3F)C2)n1. The van der Waals surface area contributed by atoms with Crippen LogP contribution in [0.4, 0.5) is 10.3 Å². The van der Waals surface area contributed by atoms with Crippen LogP contribution in [-0.2, 0) is 11.2 Å². The first kappa shape index (κ1) is 18.3. The van der Waals surface area contributed by atoms with Gasteiger partial charge in [-0.15, -0.1) is 0 Å². The molecule has 0 aliphatic carbocycles. The lowest BCUT2D eigenvalue weighted by Gasteiger charge is -2.32. The van der Waals surface area contributed by atoms with Crippen LogP contribution in [0.25, 0.3) is 0 Å². The zero-order valence-electron chi connectivity index (χ0n) is 15.3. The van der Waals surface area contributed by atoms with Crippen LogP contribution in [0.2, 0.25) is 0 Å². The van der Waals surface area contributed by atoms with Crippen molar-refractivity contribution in [3.05, 3.63) is 53.1 Å². The van der Waals surface area contributed by atoms with Gasteiger partial charge in [-0.25, -0.2) is 14.4 Å². The van der Waals surface area contributed by atoms with E-state index in [9.17, 15) is 9.18 Å². The fourth-order valence-corrected chi connectivity index (χ4v) is 3.39. The van der Waals surface area contributed by atoms with E-state index in [-0.39, 0.29) is 17.6 Å². The number of piperidine rings is 1. The second-order valence-corrected chi connectivity index (χ2v) is 6.87. The molecule has 0 spiro atoms. The Kier molecular flexibility index (Phi) is 5.81. The van der Waals surface area contributed by atoms with Crippen molar-refractivity contribution in [3.63, 3.8) is 0 Å². The predicted octanol–water partition coefficient (Wildman–Crippen LogP) is 2.81. The maximum absolute atomic E-state index is 13.6. The number of carbonyl (C=O) groups excluding carboxylic acids is 1. The number of anilines is 1. The van der Waals surface area contributed by atoms with Gasteiger partial charge in [-0.3, -0.25) is 4.79 Å². The van der Waals surface area contributed by atoms with Crippen molar-refractivity contribution < 1.29 is 9.18 Å². The number of aryl methyl sites for hydroxylation is 2.